The zero-order valence-electron chi connectivity index (χ0n) is 9.79. The van der Waals surface area contributed by atoms with Crippen LogP contribution in [0.1, 0.15) is 40.5 Å². The van der Waals surface area contributed by atoms with Gasteiger partial charge < -0.3 is 9.47 Å². The summed E-state index contributed by atoms with van der Waals surface area (Å²) in [5.41, 5.74) is 2.49. The molecular weight excluding hydrogens is 192 g/mol. The lowest BCUT2D eigenvalue weighted by molar-refractivity contribution is -0.145. The second kappa shape index (κ2) is 5.01. The topological polar surface area (TPSA) is 38.8 Å². The number of carbonyl (C=O) groups is 1. The third-order valence-corrected chi connectivity index (χ3v) is 2.16. The molecule has 0 aromatic carbocycles. The molecule has 0 aliphatic carbocycles. The summed E-state index contributed by atoms with van der Waals surface area (Å²) in [6, 6.07) is 0. The molecule has 3 nitrogen and oxygen atoms in total. The van der Waals surface area contributed by atoms with Gasteiger partial charge in [-0.25, -0.2) is 0 Å². The average Bonchev–Trinajstić information content (AvgIpc) is 2.81. The Balaban J connectivity index is 2.35. The van der Waals surface area contributed by atoms with E-state index in [1.165, 1.54) is 18.1 Å². The molecule has 1 atom stereocenters. The monoisotopic (exact) mass is 210 g/mol. The molecule has 1 aliphatic heterocycles. The number of carbonyl (C=O) groups excluding carboxylic acids is 1. The number of allylic oxidation sites excluding steroid dienone is 3. The Labute approximate surface area is 90.8 Å². The Morgan fingerprint density at radius 1 is 1.40 bits per heavy atom. The molecule has 0 aromatic heterocycles. The molecule has 1 fully saturated rings. The highest BCUT2D eigenvalue weighted by atomic mass is 16.8. The van der Waals surface area contributed by atoms with Crippen LogP contribution >= 0.6 is 0 Å². The molecule has 0 saturated carbocycles. The summed E-state index contributed by atoms with van der Waals surface area (Å²) in [6.45, 7) is 7.56. The summed E-state index contributed by atoms with van der Waals surface area (Å²) in [5, 5.41) is 0. The van der Waals surface area contributed by atoms with Gasteiger partial charge in [-0.05, 0) is 39.2 Å². The third-order valence-electron chi connectivity index (χ3n) is 2.16. The van der Waals surface area contributed by atoms with Gasteiger partial charge in [-0.1, -0.05) is 11.6 Å². The van der Waals surface area contributed by atoms with E-state index in [1.807, 2.05) is 6.92 Å². The molecule has 3 heteroatoms. The third kappa shape index (κ3) is 4.19. The fourth-order valence-electron chi connectivity index (χ4n) is 1.31. The number of hydrogen-bond acceptors (Lipinski definition) is 3. The molecule has 84 valence electrons. The highest BCUT2D eigenvalue weighted by Gasteiger charge is 2.37. The first kappa shape index (κ1) is 11.8. The molecular formula is C12H18O3. The largest absolute Gasteiger partial charge is 0.444 e. The lowest BCUT2D eigenvalue weighted by Crippen LogP contribution is -2.00. The van der Waals surface area contributed by atoms with Crippen molar-refractivity contribution in [2.45, 2.75) is 46.8 Å². The summed E-state index contributed by atoms with van der Waals surface area (Å²) in [6.07, 6.45) is 3.74. The molecule has 1 rings (SSSR count). The summed E-state index contributed by atoms with van der Waals surface area (Å²) >= 11 is 0. The Bertz CT molecular complexity index is 309. The van der Waals surface area contributed by atoms with Crippen molar-refractivity contribution in [3.63, 3.8) is 0 Å². The number of esters is 1. The van der Waals surface area contributed by atoms with E-state index in [1.54, 1.807) is 0 Å². The summed E-state index contributed by atoms with van der Waals surface area (Å²) < 4.78 is 10.1. The van der Waals surface area contributed by atoms with Crippen LogP contribution < -0.4 is 0 Å². The molecule has 0 aromatic rings. The summed E-state index contributed by atoms with van der Waals surface area (Å²) in [7, 11) is 0. The van der Waals surface area contributed by atoms with Crippen molar-refractivity contribution in [1.82, 2.24) is 0 Å². The standard InChI is InChI=1S/C12H18O3/c1-8(2)6-5-7-9(3)11-12(15-11)14-10(4)13/h6,12H,5,7H2,1-4H3/b11-9-. The first-order valence-corrected chi connectivity index (χ1v) is 5.17. The molecule has 0 radical (unpaired) electrons. The minimum Gasteiger partial charge on any atom is -0.444 e. The van der Waals surface area contributed by atoms with Gasteiger partial charge in [0.15, 0.2) is 5.76 Å². The molecule has 1 aliphatic rings. The highest BCUT2D eigenvalue weighted by molar-refractivity contribution is 5.66. The van der Waals surface area contributed by atoms with Crippen LogP contribution in [0.15, 0.2) is 23.0 Å². The van der Waals surface area contributed by atoms with Gasteiger partial charge in [0.1, 0.15) is 0 Å². The van der Waals surface area contributed by atoms with Gasteiger partial charge in [-0.2, -0.15) is 0 Å². The fraction of sp³-hybridized carbons (Fsp3) is 0.583. The van der Waals surface area contributed by atoms with Gasteiger partial charge in [-0.3, -0.25) is 4.79 Å². The molecule has 1 heterocycles. The van der Waals surface area contributed by atoms with Gasteiger partial charge >= 0.3 is 12.3 Å². The minimum absolute atomic E-state index is 0.299. The fourth-order valence-corrected chi connectivity index (χ4v) is 1.31. The lowest BCUT2D eigenvalue weighted by Gasteiger charge is -1.95. The van der Waals surface area contributed by atoms with E-state index < -0.39 is 6.29 Å². The molecule has 0 bridgehead atoms. The van der Waals surface area contributed by atoms with Gasteiger partial charge in [-0.15, -0.1) is 0 Å². The van der Waals surface area contributed by atoms with Crippen molar-refractivity contribution in [3.8, 4) is 0 Å². The lowest BCUT2D eigenvalue weighted by atomic mass is 10.1. The Morgan fingerprint density at radius 2 is 2.07 bits per heavy atom. The first-order valence-electron chi connectivity index (χ1n) is 5.17. The van der Waals surface area contributed by atoms with E-state index in [-0.39, 0.29) is 5.97 Å². The van der Waals surface area contributed by atoms with Gasteiger partial charge in [0.25, 0.3) is 0 Å². The van der Waals surface area contributed by atoms with Crippen LogP contribution in [0.2, 0.25) is 0 Å². The van der Waals surface area contributed by atoms with Crippen LogP contribution in [-0.2, 0) is 14.3 Å². The maximum Gasteiger partial charge on any atom is 0.306 e. The zero-order chi connectivity index (χ0) is 11.4. The normalized spacial score (nSPS) is 21.5. The second-order valence-corrected chi connectivity index (χ2v) is 4.02. The van der Waals surface area contributed by atoms with E-state index in [9.17, 15) is 4.79 Å². The van der Waals surface area contributed by atoms with Crippen LogP contribution in [0.5, 0.6) is 0 Å². The van der Waals surface area contributed by atoms with Gasteiger partial charge in [0.2, 0.25) is 0 Å². The Morgan fingerprint density at radius 3 is 2.60 bits per heavy atom. The first-order chi connectivity index (χ1) is 7.00. The van der Waals surface area contributed by atoms with E-state index in [0.29, 0.717) is 0 Å². The predicted molar refractivity (Wildman–Crippen MR) is 58.0 cm³/mol. The molecule has 1 saturated heterocycles. The van der Waals surface area contributed by atoms with E-state index in [2.05, 4.69) is 19.9 Å². The van der Waals surface area contributed by atoms with E-state index in [4.69, 9.17) is 9.47 Å². The van der Waals surface area contributed by atoms with Crippen LogP contribution in [0.25, 0.3) is 0 Å². The Hall–Kier alpha value is -1.25. The number of rotatable bonds is 4. The van der Waals surface area contributed by atoms with E-state index >= 15 is 0 Å². The maximum absolute atomic E-state index is 10.6. The van der Waals surface area contributed by atoms with E-state index in [0.717, 1.165) is 18.6 Å². The van der Waals surface area contributed by atoms with Gasteiger partial charge in [0.05, 0.1) is 0 Å². The Kier molecular flexibility index (Phi) is 3.95. The molecule has 0 N–H and O–H groups in total. The molecule has 0 amide bonds. The van der Waals surface area contributed by atoms with Crippen molar-refractivity contribution in [1.29, 1.82) is 0 Å². The zero-order valence-corrected chi connectivity index (χ0v) is 9.79. The van der Waals surface area contributed by atoms with Crippen molar-refractivity contribution in [2.75, 3.05) is 0 Å². The van der Waals surface area contributed by atoms with Crippen molar-refractivity contribution in [2.24, 2.45) is 0 Å². The van der Waals surface area contributed by atoms with Gasteiger partial charge in [0, 0.05) is 6.92 Å². The van der Waals surface area contributed by atoms with Crippen LogP contribution in [0, 0.1) is 0 Å². The number of epoxide rings is 1. The molecule has 1 unspecified atom stereocenters. The number of hydrogen-bond donors (Lipinski definition) is 0. The van der Waals surface area contributed by atoms with Crippen molar-refractivity contribution in [3.05, 3.63) is 23.0 Å². The summed E-state index contributed by atoms with van der Waals surface area (Å²) in [4.78, 5) is 10.6. The quantitative estimate of drug-likeness (QED) is 0.407. The average molecular weight is 210 g/mol. The highest BCUT2D eigenvalue weighted by Crippen LogP contribution is 2.33. The van der Waals surface area contributed by atoms with Crippen LogP contribution in [-0.4, -0.2) is 12.3 Å². The predicted octanol–water partition coefficient (Wildman–Crippen LogP) is 2.93. The minimum atomic E-state index is -0.408. The van der Waals surface area contributed by atoms with Crippen molar-refractivity contribution >= 4 is 5.97 Å². The second-order valence-electron chi connectivity index (χ2n) is 4.02. The SMILES string of the molecule is CC(=O)OC1O/C1=C(/C)CCC=C(C)C. The maximum atomic E-state index is 10.6. The molecule has 0 spiro atoms. The van der Waals surface area contributed by atoms with Crippen LogP contribution in [0.3, 0.4) is 0 Å². The summed E-state index contributed by atoms with van der Waals surface area (Å²) in [5.74, 6) is 0.527. The van der Waals surface area contributed by atoms with Crippen LogP contribution in [0.4, 0.5) is 0 Å². The number of ether oxygens (including phenoxy) is 2. The van der Waals surface area contributed by atoms with Crippen molar-refractivity contribution < 1.29 is 14.3 Å². The smallest absolute Gasteiger partial charge is 0.306 e. The molecule has 15 heavy (non-hydrogen) atoms.